The van der Waals surface area contributed by atoms with Gasteiger partial charge in [-0.05, 0) is 32.5 Å². The Morgan fingerprint density at radius 1 is 1.14 bits per heavy atom. The van der Waals surface area contributed by atoms with Crippen LogP contribution in [0.4, 0.5) is 5.82 Å². The molecule has 0 spiro atoms. The van der Waals surface area contributed by atoms with Crippen molar-refractivity contribution in [2.45, 2.75) is 36.8 Å². The second kappa shape index (κ2) is 6.26. The fraction of sp³-hybridized carbons (Fsp3) is 0.312. The third-order valence-corrected chi connectivity index (χ3v) is 4.19. The molecule has 1 heterocycles. The van der Waals surface area contributed by atoms with Crippen molar-refractivity contribution < 1.29 is 4.92 Å². The largest absolute Gasteiger partial charge is 0.363 e. The molecular weight excluding hydrogens is 284 g/mol. The summed E-state index contributed by atoms with van der Waals surface area (Å²) in [6, 6.07) is 11.7. The average molecular weight is 302 g/mol. The molecule has 0 bridgehead atoms. The smallest absolute Gasteiger partial charge is 0.358 e. The molecule has 4 nitrogen and oxygen atoms in total. The highest BCUT2D eigenvalue weighted by molar-refractivity contribution is 7.98. The van der Waals surface area contributed by atoms with Crippen LogP contribution in [-0.2, 0) is 11.2 Å². The zero-order valence-electron chi connectivity index (χ0n) is 12.4. The number of nitro groups is 1. The van der Waals surface area contributed by atoms with Gasteiger partial charge in [-0.2, -0.15) is 0 Å². The minimum absolute atomic E-state index is 0.117. The van der Waals surface area contributed by atoms with Crippen molar-refractivity contribution in [1.29, 1.82) is 0 Å². The van der Waals surface area contributed by atoms with Gasteiger partial charge in [0.25, 0.3) is 0 Å². The normalized spacial score (nSPS) is 11.4. The van der Waals surface area contributed by atoms with E-state index >= 15 is 0 Å². The van der Waals surface area contributed by atoms with Crippen LogP contribution >= 0.6 is 11.8 Å². The van der Waals surface area contributed by atoms with E-state index in [1.54, 1.807) is 24.0 Å². The van der Waals surface area contributed by atoms with E-state index in [2.05, 4.69) is 50.0 Å². The summed E-state index contributed by atoms with van der Waals surface area (Å²) in [6.07, 6.45) is 1.55. The van der Waals surface area contributed by atoms with Gasteiger partial charge in [-0.1, -0.05) is 45.0 Å². The zero-order chi connectivity index (χ0) is 15.5. The van der Waals surface area contributed by atoms with Gasteiger partial charge in [0, 0.05) is 11.8 Å². The predicted molar refractivity (Wildman–Crippen MR) is 85.6 cm³/mol. The molecule has 0 unspecified atom stereocenters. The number of nitrogens with zero attached hydrogens (tertiary/aromatic N) is 2. The average Bonchev–Trinajstić information content (AvgIpc) is 2.45. The van der Waals surface area contributed by atoms with Crippen LogP contribution in [0.15, 0.2) is 47.5 Å². The second-order valence-electron chi connectivity index (χ2n) is 5.84. The maximum atomic E-state index is 10.5. The van der Waals surface area contributed by atoms with Crippen molar-refractivity contribution in [2.75, 3.05) is 0 Å². The summed E-state index contributed by atoms with van der Waals surface area (Å²) in [5.41, 5.74) is 2.70. The number of aromatic nitrogens is 1. The standard InChI is InChI=1S/C16H18N2O2S/c1-16(2,3)13-6-4-12(5-7-13)11-21-14-8-9-15(17-10-14)18(19)20/h4-10H,11H2,1-3H3. The summed E-state index contributed by atoms with van der Waals surface area (Å²) in [7, 11) is 0. The first-order chi connectivity index (χ1) is 9.86. The van der Waals surface area contributed by atoms with Crippen molar-refractivity contribution in [2.24, 2.45) is 0 Å². The van der Waals surface area contributed by atoms with Crippen LogP contribution < -0.4 is 0 Å². The lowest BCUT2D eigenvalue weighted by atomic mass is 9.87. The van der Waals surface area contributed by atoms with Crippen molar-refractivity contribution in [3.8, 4) is 0 Å². The minimum Gasteiger partial charge on any atom is -0.358 e. The summed E-state index contributed by atoms with van der Waals surface area (Å²) >= 11 is 1.62. The highest BCUT2D eigenvalue weighted by Gasteiger charge is 2.13. The Bertz CT molecular complexity index is 616. The van der Waals surface area contributed by atoms with Crippen LogP contribution in [0.5, 0.6) is 0 Å². The van der Waals surface area contributed by atoms with E-state index < -0.39 is 4.92 Å². The predicted octanol–water partition coefficient (Wildman–Crippen LogP) is 4.58. The summed E-state index contributed by atoms with van der Waals surface area (Å²) in [5, 5.41) is 10.5. The molecule has 0 saturated heterocycles. The summed E-state index contributed by atoms with van der Waals surface area (Å²) in [5.74, 6) is 0.707. The van der Waals surface area contributed by atoms with E-state index in [0.29, 0.717) is 0 Å². The molecule has 0 radical (unpaired) electrons. The summed E-state index contributed by atoms with van der Waals surface area (Å²) in [6.45, 7) is 6.58. The van der Waals surface area contributed by atoms with Gasteiger partial charge in [-0.15, -0.1) is 11.8 Å². The van der Waals surface area contributed by atoms with E-state index in [-0.39, 0.29) is 11.2 Å². The Morgan fingerprint density at radius 3 is 2.29 bits per heavy atom. The van der Waals surface area contributed by atoms with Gasteiger partial charge in [0.1, 0.15) is 0 Å². The SMILES string of the molecule is CC(C)(C)c1ccc(CSc2ccc([N+](=O)[O-])nc2)cc1. The monoisotopic (exact) mass is 302 g/mol. The van der Waals surface area contributed by atoms with Gasteiger partial charge in [-0.3, -0.25) is 0 Å². The van der Waals surface area contributed by atoms with Crippen LogP contribution in [0.2, 0.25) is 0 Å². The number of pyridine rings is 1. The van der Waals surface area contributed by atoms with Crippen LogP contribution in [0.25, 0.3) is 0 Å². The van der Waals surface area contributed by atoms with E-state index in [1.807, 2.05) is 0 Å². The van der Waals surface area contributed by atoms with Crippen molar-refractivity contribution in [3.05, 3.63) is 63.8 Å². The number of thioether (sulfide) groups is 1. The van der Waals surface area contributed by atoms with Gasteiger partial charge in [-0.25, -0.2) is 0 Å². The van der Waals surface area contributed by atoms with E-state index in [4.69, 9.17) is 0 Å². The Balaban J connectivity index is 1.98. The van der Waals surface area contributed by atoms with Crippen molar-refractivity contribution in [1.82, 2.24) is 4.98 Å². The fourth-order valence-electron chi connectivity index (χ4n) is 1.83. The molecule has 0 atom stereocenters. The molecule has 0 aliphatic rings. The maximum absolute atomic E-state index is 10.5. The van der Waals surface area contributed by atoms with Gasteiger partial charge >= 0.3 is 5.82 Å². The van der Waals surface area contributed by atoms with E-state index in [0.717, 1.165) is 10.6 Å². The number of benzene rings is 1. The molecule has 0 fully saturated rings. The molecule has 110 valence electrons. The topological polar surface area (TPSA) is 56.0 Å². The molecular formula is C16H18N2O2S. The quantitative estimate of drug-likeness (QED) is 0.471. The summed E-state index contributed by atoms with van der Waals surface area (Å²) < 4.78 is 0. The van der Waals surface area contributed by atoms with Crippen molar-refractivity contribution in [3.63, 3.8) is 0 Å². The molecule has 2 aromatic rings. The molecule has 0 aliphatic heterocycles. The minimum atomic E-state index is -0.486. The number of hydrogen-bond acceptors (Lipinski definition) is 4. The number of rotatable bonds is 4. The zero-order valence-corrected chi connectivity index (χ0v) is 13.2. The maximum Gasteiger partial charge on any atom is 0.363 e. The highest BCUT2D eigenvalue weighted by Crippen LogP contribution is 2.26. The fourth-order valence-corrected chi connectivity index (χ4v) is 2.65. The van der Waals surface area contributed by atoms with Crippen LogP contribution in [-0.4, -0.2) is 9.91 Å². The second-order valence-corrected chi connectivity index (χ2v) is 6.89. The van der Waals surface area contributed by atoms with Crippen LogP contribution in [0, 0.1) is 10.1 Å². The molecule has 2 rings (SSSR count). The lowest BCUT2D eigenvalue weighted by Crippen LogP contribution is -2.10. The van der Waals surface area contributed by atoms with Gasteiger partial charge < -0.3 is 10.1 Å². The molecule has 1 aromatic carbocycles. The Kier molecular flexibility index (Phi) is 4.63. The third-order valence-electron chi connectivity index (χ3n) is 3.13. The van der Waals surface area contributed by atoms with Gasteiger partial charge in [0.05, 0.1) is 4.90 Å². The highest BCUT2D eigenvalue weighted by atomic mass is 32.2. The Hall–Kier alpha value is -1.88. The summed E-state index contributed by atoms with van der Waals surface area (Å²) in [4.78, 5) is 14.8. The van der Waals surface area contributed by atoms with E-state index in [1.165, 1.54) is 17.2 Å². The third kappa shape index (κ3) is 4.29. The first-order valence-corrected chi connectivity index (χ1v) is 7.67. The molecule has 1 aromatic heterocycles. The lowest BCUT2D eigenvalue weighted by Gasteiger charge is -2.19. The first kappa shape index (κ1) is 15.5. The molecule has 21 heavy (non-hydrogen) atoms. The molecule has 0 aliphatic carbocycles. The molecule has 5 heteroatoms. The van der Waals surface area contributed by atoms with Crippen LogP contribution in [0.1, 0.15) is 31.9 Å². The molecule has 0 N–H and O–H groups in total. The lowest BCUT2D eigenvalue weighted by molar-refractivity contribution is -0.389. The number of hydrogen-bond donors (Lipinski definition) is 0. The molecule has 0 amide bonds. The van der Waals surface area contributed by atoms with Crippen LogP contribution in [0.3, 0.4) is 0 Å². The Labute approximate surface area is 128 Å². The first-order valence-electron chi connectivity index (χ1n) is 6.69. The Morgan fingerprint density at radius 2 is 1.81 bits per heavy atom. The van der Waals surface area contributed by atoms with Gasteiger partial charge in [0.2, 0.25) is 0 Å². The van der Waals surface area contributed by atoms with E-state index in [9.17, 15) is 10.1 Å². The van der Waals surface area contributed by atoms with Gasteiger partial charge in [0.15, 0.2) is 6.20 Å². The van der Waals surface area contributed by atoms with Crippen molar-refractivity contribution >= 4 is 17.6 Å². The molecule has 0 saturated carbocycles.